The van der Waals surface area contributed by atoms with Crippen molar-refractivity contribution < 1.29 is 18.9 Å². The second kappa shape index (κ2) is 7.57. The third kappa shape index (κ3) is 2.97. The van der Waals surface area contributed by atoms with Gasteiger partial charge in [-0.1, -0.05) is 24.3 Å². The Bertz CT molecular complexity index is 1070. The first-order valence-corrected chi connectivity index (χ1v) is 10.6. The summed E-state index contributed by atoms with van der Waals surface area (Å²) in [5.74, 6) is 2.61. The van der Waals surface area contributed by atoms with E-state index in [1.807, 2.05) is 30.3 Å². The number of benzene rings is 2. The Hall–Kier alpha value is -3.19. The van der Waals surface area contributed by atoms with Crippen LogP contribution >= 0.6 is 11.3 Å². The minimum absolute atomic E-state index is 0.108. The van der Waals surface area contributed by atoms with Crippen molar-refractivity contribution in [3.63, 3.8) is 0 Å². The molecule has 154 valence electrons. The topological polar surface area (TPSA) is 52.5 Å². The summed E-state index contributed by atoms with van der Waals surface area (Å²) >= 11 is 1.71. The Morgan fingerprint density at radius 2 is 1.77 bits per heavy atom. The molecule has 2 atom stereocenters. The van der Waals surface area contributed by atoms with E-state index in [1.54, 1.807) is 32.7 Å². The summed E-state index contributed by atoms with van der Waals surface area (Å²) in [7, 11) is 4.83. The van der Waals surface area contributed by atoms with Gasteiger partial charge in [0.25, 0.3) is 0 Å². The van der Waals surface area contributed by atoms with Gasteiger partial charge >= 0.3 is 0 Å². The van der Waals surface area contributed by atoms with E-state index in [-0.39, 0.29) is 6.04 Å². The van der Waals surface area contributed by atoms with Crippen LogP contribution in [0.15, 0.2) is 59.0 Å². The smallest absolute Gasteiger partial charge is 0.214 e. The number of ether oxygens (including phenoxy) is 4. The van der Waals surface area contributed by atoms with Gasteiger partial charge < -0.3 is 18.9 Å². The first kappa shape index (κ1) is 18.8. The maximum absolute atomic E-state index is 6.44. The fourth-order valence-electron chi connectivity index (χ4n) is 4.09. The zero-order chi connectivity index (χ0) is 20.7. The van der Waals surface area contributed by atoms with Crippen LogP contribution in [0.25, 0.3) is 0 Å². The Labute approximate surface area is 179 Å². The Morgan fingerprint density at radius 3 is 2.43 bits per heavy atom. The second-order valence-electron chi connectivity index (χ2n) is 7.09. The minimum atomic E-state index is -0.406. The molecule has 1 aromatic heterocycles. The monoisotopic (exact) mass is 422 g/mol. The lowest BCUT2D eigenvalue weighted by Crippen LogP contribution is -2.33. The molecular weight excluding hydrogens is 400 g/mol. The van der Waals surface area contributed by atoms with E-state index in [4.69, 9.17) is 24.0 Å². The standard InChI is InChI=1S/C23H22N2O4S/c1-26-19-11-14(12-20(27-2)22(19)28-3)23-25-17(15-7-4-5-8-18(15)29-23)13-16(24-25)21-9-6-10-30-21/h4-12,17,23H,13H2,1-3H3/t17-,23-/m0/s1. The molecule has 0 amide bonds. The molecule has 3 aromatic rings. The quantitative estimate of drug-likeness (QED) is 0.578. The lowest BCUT2D eigenvalue weighted by molar-refractivity contribution is -0.0192. The van der Waals surface area contributed by atoms with Gasteiger partial charge in [0.15, 0.2) is 11.5 Å². The van der Waals surface area contributed by atoms with E-state index in [0.717, 1.165) is 29.0 Å². The summed E-state index contributed by atoms with van der Waals surface area (Å²) in [5, 5.41) is 9.12. The van der Waals surface area contributed by atoms with Crippen LogP contribution in [-0.2, 0) is 0 Å². The van der Waals surface area contributed by atoms with E-state index in [9.17, 15) is 0 Å². The molecule has 0 unspecified atom stereocenters. The van der Waals surface area contributed by atoms with E-state index in [1.165, 1.54) is 4.88 Å². The maximum atomic E-state index is 6.44. The predicted octanol–water partition coefficient (Wildman–Crippen LogP) is 5.02. The number of fused-ring (bicyclic) bond motifs is 3. The van der Waals surface area contributed by atoms with Crippen molar-refractivity contribution in [3.8, 4) is 23.0 Å². The van der Waals surface area contributed by atoms with Gasteiger partial charge in [0, 0.05) is 17.5 Å². The highest BCUT2D eigenvalue weighted by Gasteiger charge is 2.41. The van der Waals surface area contributed by atoms with Gasteiger partial charge in [0.05, 0.1) is 38.0 Å². The fraction of sp³-hybridized carbons (Fsp3) is 0.261. The van der Waals surface area contributed by atoms with E-state index in [2.05, 4.69) is 28.6 Å². The van der Waals surface area contributed by atoms with Gasteiger partial charge in [-0.15, -0.1) is 11.3 Å². The molecule has 0 saturated heterocycles. The number of hydrazone groups is 1. The van der Waals surface area contributed by atoms with Gasteiger partial charge in [-0.3, -0.25) is 0 Å². The van der Waals surface area contributed by atoms with Crippen molar-refractivity contribution in [2.24, 2.45) is 5.10 Å². The zero-order valence-corrected chi connectivity index (χ0v) is 17.8. The van der Waals surface area contributed by atoms with E-state index in [0.29, 0.717) is 17.2 Å². The molecule has 0 spiro atoms. The highest BCUT2D eigenvalue weighted by molar-refractivity contribution is 7.12. The van der Waals surface area contributed by atoms with Crippen molar-refractivity contribution in [2.75, 3.05) is 21.3 Å². The Balaban J connectivity index is 1.63. The zero-order valence-electron chi connectivity index (χ0n) is 17.0. The minimum Gasteiger partial charge on any atom is -0.493 e. The van der Waals surface area contributed by atoms with Crippen molar-refractivity contribution in [3.05, 3.63) is 69.9 Å². The molecule has 7 heteroatoms. The molecule has 0 radical (unpaired) electrons. The van der Waals surface area contributed by atoms with Crippen molar-refractivity contribution in [1.82, 2.24) is 5.01 Å². The summed E-state index contributed by atoms with van der Waals surface area (Å²) in [6.45, 7) is 0. The molecule has 0 saturated carbocycles. The second-order valence-corrected chi connectivity index (χ2v) is 8.04. The Morgan fingerprint density at radius 1 is 1.00 bits per heavy atom. The van der Waals surface area contributed by atoms with Crippen LogP contribution in [0.5, 0.6) is 23.0 Å². The number of hydrogen-bond acceptors (Lipinski definition) is 7. The Kier molecular flexibility index (Phi) is 4.75. The lowest BCUT2D eigenvalue weighted by Gasteiger charge is -2.38. The van der Waals surface area contributed by atoms with Crippen molar-refractivity contribution in [1.29, 1.82) is 0 Å². The van der Waals surface area contributed by atoms with Gasteiger partial charge in [-0.25, -0.2) is 5.01 Å². The largest absolute Gasteiger partial charge is 0.493 e. The van der Waals surface area contributed by atoms with E-state index >= 15 is 0 Å². The molecule has 0 aliphatic carbocycles. The number of nitrogens with zero attached hydrogens (tertiary/aromatic N) is 2. The van der Waals surface area contributed by atoms with Gasteiger partial charge in [0.1, 0.15) is 5.75 Å². The van der Waals surface area contributed by atoms with Gasteiger partial charge in [-0.2, -0.15) is 5.10 Å². The molecule has 0 fully saturated rings. The van der Waals surface area contributed by atoms with Gasteiger partial charge in [-0.05, 0) is 29.6 Å². The normalized spacial score (nSPS) is 19.4. The molecule has 0 bridgehead atoms. The highest BCUT2D eigenvalue weighted by Crippen LogP contribution is 2.49. The number of methoxy groups -OCH3 is 3. The number of para-hydroxylation sites is 1. The average molecular weight is 423 g/mol. The summed E-state index contributed by atoms with van der Waals surface area (Å²) in [6.07, 6.45) is 0.429. The van der Waals surface area contributed by atoms with Gasteiger partial charge in [0.2, 0.25) is 12.0 Å². The third-order valence-electron chi connectivity index (χ3n) is 5.48. The molecule has 2 aliphatic heterocycles. The maximum Gasteiger partial charge on any atom is 0.214 e. The summed E-state index contributed by atoms with van der Waals surface area (Å²) in [6, 6.07) is 16.3. The molecule has 2 aliphatic rings. The number of hydrogen-bond donors (Lipinski definition) is 0. The summed E-state index contributed by atoms with van der Waals surface area (Å²) in [4.78, 5) is 1.19. The summed E-state index contributed by atoms with van der Waals surface area (Å²) < 4.78 is 23.0. The van der Waals surface area contributed by atoms with Crippen LogP contribution in [-0.4, -0.2) is 32.0 Å². The van der Waals surface area contributed by atoms with E-state index < -0.39 is 6.23 Å². The summed E-state index contributed by atoms with van der Waals surface area (Å²) in [5.41, 5.74) is 3.12. The number of thiophene rings is 1. The fourth-order valence-corrected chi connectivity index (χ4v) is 4.81. The molecule has 5 rings (SSSR count). The third-order valence-corrected chi connectivity index (χ3v) is 6.40. The first-order valence-electron chi connectivity index (χ1n) is 9.68. The van der Waals surface area contributed by atoms with Crippen LogP contribution in [0.2, 0.25) is 0 Å². The lowest BCUT2D eigenvalue weighted by atomic mass is 9.97. The molecular formula is C23H22N2O4S. The van der Waals surface area contributed by atoms with Crippen LogP contribution in [0.4, 0.5) is 0 Å². The SMILES string of the molecule is COc1cc([C@@H]2Oc3ccccc3[C@@H]3CC(c4cccs4)=NN32)cc(OC)c1OC. The molecule has 6 nitrogen and oxygen atoms in total. The molecule has 3 heterocycles. The van der Waals surface area contributed by atoms with Crippen LogP contribution in [0, 0.1) is 0 Å². The van der Waals surface area contributed by atoms with Crippen molar-refractivity contribution in [2.45, 2.75) is 18.7 Å². The predicted molar refractivity (Wildman–Crippen MR) is 116 cm³/mol. The van der Waals surface area contributed by atoms with Crippen LogP contribution in [0.1, 0.15) is 34.7 Å². The van der Waals surface area contributed by atoms with Crippen molar-refractivity contribution >= 4 is 17.0 Å². The van der Waals surface area contributed by atoms with Crippen LogP contribution < -0.4 is 18.9 Å². The van der Waals surface area contributed by atoms with Crippen LogP contribution in [0.3, 0.4) is 0 Å². The molecule has 30 heavy (non-hydrogen) atoms. The molecule has 2 aromatic carbocycles. The number of rotatable bonds is 5. The highest BCUT2D eigenvalue weighted by atomic mass is 32.1. The molecule has 0 N–H and O–H groups in total. The average Bonchev–Trinajstić information content (AvgIpc) is 3.47. The first-order chi connectivity index (χ1) is 14.7.